The third kappa shape index (κ3) is 3.56. The van der Waals surface area contributed by atoms with E-state index in [4.69, 9.17) is 0 Å². The number of piperidine rings is 1. The van der Waals surface area contributed by atoms with Crippen molar-refractivity contribution in [2.75, 3.05) is 26.7 Å². The molecule has 1 aliphatic rings. The van der Waals surface area contributed by atoms with Gasteiger partial charge in [-0.25, -0.2) is 0 Å². The van der Waals surface area contributed by atoms with Crippen molar-refractivity contribution in [3.8, 4) is 0 Å². The number of nitrogens with zero attached hydrogens (tertiary/aromatic N) is 2. The molecule has 1 saturated heterocycles. The minimum absolute atomic E-state index is 0.249. The monoisotopic (exact) mass is 297 g/mol. The fourth-order valence-corrected chi connectivity index (χ4v) is 4.07. The van der Waals surface area contributed by atoms with Crippen LogP contribution in [0.25, 0.3) is 0 Å². The van der Waals surface area contributed by atoms with Gasteiger partial charge in [0.15, 0.2) is 0 Å². The molecule has 1 fully saturated rings. The molecule has 2 rings (SSSR count). The summed E-state index contributed by atoms with van der Waals surface area (Å²) in [5.41, 5.74) is 0. The molecule has 1 aromatic heterocycles. The lowest BCUT2D eigenvalue weighted by Crippen LogP contribution is -2.40. The molecule has 0 aliphatic carbocycles. The zero-order valence-electron chi connectivity index (χ0n) is 12.2. The number of likely N-dealkylation sites (tertiary alicyclic amines) is 1. The maximum Gasteiger partial charge on any atom is 0.324 e. The molecule has 0 spiro atoms. The molecule has 6 heteroatoms. The Balaban J connectivity index is 2.11. The van der Waals surface area contributed by atoms with Gasteiger partial charge in [0.1, 0.15) is 0 Å². The van der Waals surface area contributed by atoms with Crippen LogP contribution in [0.3, 0.4) is 0 Å². The first-order chi connectivity index (χ1) is 9.63. The van der Waals surface area contributed by atoms with Crippen molar-refractivity contribution in [1.29, 1.82) is 0 Å². The molecule has 0 radical (unpaired) electrons. The Kier molecular flexibility index (Phi) is 5.51. The number of nitro groups is 1. The van der Waals surface area contributed by atoms with Crippen molar-refractivity contribution >= 4 is 16.3 Å². The van der Waals surface area contributed by atoms with Crippen molar-refractivity contribution in [2.24, 2.45) is 5.92 Å². The van der Waals surface area contributed by atoms with E-state index in [-0.39, 0.29) is 9.92 Å². The van der Waals surface area contributed by atoms with Crippen LogP contribution in [-0.2, 0) is 0 Å². The van der Waals surface area contributed by atoms with Gasteiger partial charge in [0.2, 0.25) is 0 Å². The largest absolute Gasteiger partial charge is 0.324 e. The van der Waals surface area contributed by atoms with Crippen LogP contribution in [-0.4, -0.2) is 36.5 Å². The van der Waals surface area contributed by atoms with Gasteiger partial charge in [0.05, 0.1) is 4.92 Å². The van der Waals surface area contributed by atoms with E-state index in [2.05, 4.69) is 24.2 Å². The van der Waals surface area contributed by atoms with E-state index in [0.717, 1.165) is 30.9 Å². The number of hydrogen-bond donors (Lipinski definition) is 1. The van der Waals surface area contributed by atoms with Crippen molar-refractivity contribution in [2.45, 2.75) is 32.2 Å². The molecule has 0 bridgehead atoms. The first-order valence-corrected chi connectivity index (χ1v) is 8.10. The van der Waals surface area contributed by atoms with E-state index in [1.54, 1.807) is 6.07 Å². The molecular formula is C14H23N3O2S. The van der Waals surface area contributed by atoms with Gasteiger partial charge in [-0.15, -0.1) is 0 Å². The van der Waals surface area contributed by atoms with E-state index in [1.807, 2.05) is 6.07 Å². The Hall–Kier alpha value is -0.980. The Morgan fingerprint density at radius 3 is 3.00 bits per heavy atom. The fourth-order valence-electron chi connectivity index (χ4n) is 2.99. The van der Waals surface area contributed by atoms with Gasteiger partial charge in [-0.1, -0.05) is 18.3 Å². The third-order valence-corrected chi connectivity index (χ3v) is 5.03. The van der Waals surface area contributed by atoms with Crippen LogP contribution in [0.1, 0.15) is 37.1 Å². The highest BCUT2D eigenvalue weighted by Crippen LogP contribution is 2.39. The quantitative estimate of drug-likeness (QED) is 0.498. The highest BCUT2D eigenvalue weighted by atomic mass is 32.1. The van der Waals surface area contributed by atoms with Crippen LogP contribution < -0.4 is 5.32 Å². The van der Waals surface area contributed by atoms with Crippen molar-refractivity contribution in [3.05, 3.63) is 27.1 Å². The summed E-state index contributed by atoms with van der Waals surface area (Å²) < 4.78 is 0. The van der Waals surface area contributed by atoms with Crippen LogP contribution in [0.2, 0.25) is 0 Å². The third-order valence-electron chi connectivity index (χ3n) is 3.92. The van der Waals surface area contributed by atoms with Crippen molar-refractivity contribution in [3.63, 3.8) is 0 Å². The Morgan fingerprint density at radius 1 is 1.55 bits per heavy atom. The van der Waals surface area contributed by atoms with Crippen LogP contribution >= 0.6 is 11.3 Å². The molecule has 2 heterocycles. The Labute approximate surface area is 124 Å². The lowest BCUT2D eigenvalue weighted by atomic mass is 9.88. The topological polar surface area (TPSA) is 58.4 Å². The summed E-state index contributed by atoms with van der Waals surface area (Å²) in [7, 11) is 2.13. The average molecular weight is 297 g/mol. The second kappa shape index (κ2) is 7.15. The van der Waals surface area contributed by atoms with E-state index in [9.17, 15) is 10.1 Å². The second-order valence-corrected chi connectivity index (χ2v) is 6.56. The van der Waals surface area contributed by atoms with Gasteiger partial charge in [-0.3, -0.25) is 15.0 Å². The normalized spacial score (nSPS) is 23.9. The zero-order chi connectivity index (χ0) is 14.5. The second-order valence-electron chi connectivity index (χ2n) is 5.46. The predicted molar refractivity (Wildman–Crippen MR) is 82.2 cm³/mol. The molecule has 2 unspecified atom stereocenters. The zero-order valence-corrected chi connectivity index (χ0v) is 13.0. The molecule has 0 saturated carbocycles. The van der Waals surface area contributed by atoms with Crippen molar-refractivity contribution in [1.82, 2.24) is 10.2 Å². The number of rotatable bonds is 6. The first kappa shape index (κ1) is 15.4. The molecule has 20 heavy (non-hydrogen) atoms. The minimum atomic E-state index is -0.290. The smallest absolute Gasteiger partial charge is 0.316 e. The SMILES string of the molecule is CCCNCC1CCCN(C)C1c1ccc([N+](=O)[O-])s1. The van der Waals surface area contributed by atoms with E-state index in [0.29, 0.717) is 12.0 Å². The number of nitrogens with one attached hydrogen (secondary N) is 1. The molecule has 5 nitrogen and oxygen atoms in total. The van der Waals surface area contributed by atoms with E-state index < -0.39 is 0 Å². The maximum atomic E-state index is 10.9. The van der Waals surface area contributed by atoms with Gasteiger partial charge >= 0.3 is 5.00 Å². The molecular weight excluding hydrogens is 274 g/mol. The van der Waals surface area contributed by atoms with Crippen LogP contribution in [0, 0.1) is 16.0 Å². The summed E-state index contributed by atoms with van der Waals surface area (Å²) in [5.74, 6) is 0.540. The molecule has 2 atom stereocenters. The Bertz CT molecular complexity index is 449. The highest BCUT2D eigenvalue weighted by molar-refractivity contribution is 7.15. The van der Waals surface area contributed by atoms with Crippen LogP contribution in [0.4, 0.5) is 5.00 Å². The van der Waals surface area contributed by atoms with Crippen LogP contribution in [0.15, 0.2) is 12.1 Å². The fraction of sp³-hybridized carbons (Fsp3) is 0.714. The van der Waals surface area contributed by atoms with E-state index >= 15 is 0 Å². The first-order valence-electron chi connectivity index (χ1n) is 7.28. The van der Waals surface area contributed by atoms with Gasteiger partial charge in [-0.2, -0.15) is 0 Å². The molecule has 1 aromatic rings. The summed E-state index contributed by atoms with van der Waals surface area (Å²) in [5, 5.41) is 14.6. The number of hydrogen-bond acceptors (Lipinski definition) is 5. The summed E-state index contributed by atoms with van der Waals surface area (Å²) >= 11 is 1.33. The summed E-state index contributed by atoms with van der Waals surface area (Å²) in [4.78, 5) is 14.0. The minimum Gasteiger partial charge on any atom is -0.316 e. The molecule has 0 amide bonds. The van der Waals surface area contributed by atoms with Gasteiger partial charge < -0.3 is 5.32 Å². The highest BCUT2D eigenvalue weighted by Gasteiger charge is 2.32. The predicted octanol–water partition coefficient (Wildman–Crippen LogP) is 3.04. The molecule has 1 aliphatic heterocycles. The lowest BCUT2D eigenvalue weighted by Gasteiger charge is -2.38. The molecule has 0 aromatic carbocycles. The molecule has 1 N–H and O–H groups in total. The Morgan fingerprint density at radius 2 is 2.35 bits per heavy atom. The van der Waals surface area contributed by atoms with E-state index in [1.165, 1.54) is 24.2 Å². The van der Waals surface area contributed by atoms with Gasteiger partial charge in [0.25, 0.3) is 0 Å². The summed E-state index contributed by atoms with van der Waals surface area (Å²) in [6.07, 6.45) is 3.54. The average Bonchev–Trinajstić information content (AvgIpc) is 2.88. The lowest BCUT2D eigenvalue weighted by molar-refractivity contribution is -0.380. The van der Waals surface area contributed by atoms with Crippen LogP contribution in [0.5, 0.6) is 0 Å². The van der Waals surface area contributed by atoms with Crippen molar-refractivity contribution < 1.29 is 4.92 Å². The van der Waals surface area contributed by atoms with Gasteiger partial charge in [0, 0.05) is 17.0 Å². The standard InChI is InChI=1S/C14H23N3O2S/c1-3-8-15-10-11-5-4-9-16(2)14(11)12-6-7-13(20-12)17(18)19/h6-7,11,14-15H,3-5,8-10H2,1-2H3. The summed E-state index contributed by atoms with van der Waals surface area (Å²) in [6, 6.07) is 3.88. The van der Waals surface area contributed by atoms with Gasteiger partial charge in [-0.05, 0) is 57.9 Å². The summed E-state index contributed by atoms with van der Waals surface area (Å²) in [6.45, 7) is 5.27. The maximum absolute atomic E-state index is 10.9. The number of thiophene rings is 1. The molecule has 112 valence electrons.